The second kappa shape index (κ2) is 8.71. The van der Waals surface area contributed by atoms with Gasteiger partial charge in [0.05, 0.1) is 23.7 Å². The number of pyridine rings is 1. The topological polar surface area (TPSA) is 58.3 Å². The van der Waals surface area contributed by atoms with Crippen LogP contribution >= 0.6 is 0 Å². The number of fused-ring (bicyclic) bond motifs is 1. The monoisotopic (exact) mass is 449 g/mol. The lowest BCUT2D eigenvalue weighted by molar-refractivity contribution is -0.174. The number of nitrogens with zero attached hydrogens (tertiary/aromatic N) is 3. The van der Waals surface area contributed by atoms with Crippen LogP contribution in [0.2, 0.25) is 0 Å². The molecule has 0 spiro atoms. The van der Waals surface area contributed by atoms with Gasteiger partial charge >= 0.3 is 6.18 Å². The largest absolute Gasteiger partial charge is 0.411 e. The van der Waals surface area contributed by atoms with E-state index in [1.54, 1.807) is 31.8 Å². The lowest BCUT2D eigenvalue weighted by atomic mass is 9.81. The molecule has 1 aliphatic carbocycles. The van der Waals surface area contributed by atoms with Crippen LogP contribution in [0, 0.1) is 6.92 Å². The van der Waals surface area contributed by atoms with Gasteiger partial charge < -0.3 is 18.6 Å². The Morgan fingerprint density at radius 3 is 2.59 bits per heavy atom. The zero-order valence-corrected chi connectivity index (χ0v) is 18.3. The van der Waals surface area contributed by atoms with E-state index in [0.29, 0.717) is 5.56 Å². The Hall–Kier alpha value is -2.65. The van der Waals surface area contributed by atoms with Crippen molar-refractivity contribution in [2.45, 2.75) is 44.5 Å². The van der Waals surface area contributed by atoms with Crippen molar-refractivity contribution in [3.63, 3.8) is 0 Å². The molecule has 3 aromatic rings. The van der Waals surface area contributed by atoms with Crippen molar-refractivity contribution in [1.82, 2.24) is 14.1 Å². The van der Waals surface area contributed by atoms with Crippen molar-refractivity contribution >= 4 is 11.0 Å². The standard InChI is InChI=1S/C23H26F3N3O3/c1-14-8-17(12-28(2)22(14)30)15-4-5-19-20(11-15)29(6-7-32-13-23(24,25)26)21(27-19)16-9-18(10-16)31-3/h4-5,8,11-12,16,18H,6-7,9-10,13H2,1-3H3/t16-,18+. The smallest absolute Gasteiger partial charge is 0.381 e. The highest BCUT2D eigenvalue weighted by Crippen LogP contribution is 2.39. The molecule has 0 amide bonds. The molecule has 1 aliphatic rings. The van der Waals surface area contributed by atoms with Gasteiger partial charge in [0.1, 0.15) is 12.4 Å². The maximum absolute atomic E-state index is 12.5. The van der Waals surface area contributed by atoms with Gasteiger partial charge in [0.2, 0.25) is 0 Å². The number of hydrogen-bond acceptors (Lipinski definition) is 4. The average molecular weight is 449 g/mol. The predicted molar refractivity (Wildman–Crippen MR) is 115 cm³/mol. The molecule has 9 heteroatoms. The van der Waals surface area contributed by atoms with Gasteiger partial charge in [-0.25, -0.2) is 4.98 Å². The summed E-state index contributed by atoms with van der Waals surface area (Å²) in [6.45, 7) is 0.702. The summed E-state index contributed by atoms with van der Waals surface area (Å²) in [6, 6.07) is 7.67. The number of halogens is 3. The second-order valence-electron chi connectivity index (χ2n) is 8.35. The molecule has 0 aliphatic heterocycles. The van der Waals surface area contributed by atoms with E-state index in [2.05, 4.69) is 0 Å². The predicted octanol–water partition coefficient (Wildman–Crippen LogP) is 4.18. The first-order valence-corrected chi connectivity index (χ1v) is 10.5. The molecule has 2 aromatic heterocycles. The summed E-state index contributed by atoms with van der Waals surface area (Å²) in [5.74, 6) is 1.04. The highest BCUT2D eigenvalue weighted by Gasteiger charge is 2.34. The molecule has 32 heavy (non-hydrogen) atoms. The number of benzene rings is 1. The number of ether oxygens (including phenoxy) is 2. The molecule has 4 rings (SSSR count). The summed E-state index contributed by atoms with van der Waals surface area (Å²) in [7, 11) is 3.39. The molecule has 0 atom stereocenters. The van der Waals surface area contributed by atoms with Crippen LogP contribution < -0.4 is 5.56 Å². The third-order valence-electron chi connectivity index (χ3n) is 5.99. The third kappa shape index (κ3) is 4.59. The fourth-order valence-electron chi connectivity index (χ4n) is 4.22. The summed E-state index contributed by atoms with van der Waals surface area (Å²) in [5.41, 5.74) is 3.99. The number of imidazole rings is 1. The van der Waals surface area contributed by atoms with Crippen molar-refractivity contribution in [2.75, 3.05) is 20.3 Å². The van der Waals surface area contributed by atoms with E-state index in [1.807, 2.05) is 28.8 Å². The highest BCUT2D eigenvalue weighted by molar-refractivity contribution is 5.82. The lowest BCUT2D eigenvalue weighted by Gasteiger charge is -2.33. The van der Waals surface area contributed by atoms with E-state index in [1.165, 1.54) is 0 Å². The van der Waals surface area contributed by atoms with Gasteiger partial charge in [0.25, 0.3) is 5.56 Å². The van der Waals surface area contributed by atoms with E-state index < -0.39 is 12.8 Å². The minimum absolute atomic E-state index is 0.0540. The van der Waals surface area contributed by atoms with Crippen molar-refractivity contribution in [2.24, 2.45) is 7.05 Å². The molecular weight excluding hydrogens is 423 g/mol. The molecule has 1 fully saturated rings. The van der Waals surface area contributed by atoms with Gasteiger partial charge in [0, 0.05) is 38.4 Å². The van der Waals surface area contributed by atoms with Crippen molar-refractivity contribution < 1.29 is 22.6 Å². The molecular formula is C23H26F3N3O3. The van der Waals surface area contributed by atoms with Gasteiger partial charge in [-0.15, -0.1) is 0 Å². The minimum atomic E-state index is -4.35. The number of aromatic nitrogens is 3. The Morgan fingerprint density at radius 2 is 1.94 bits per heavy atom. The molecule has 0 radical (unpaired) electrons. The zero-order chi connectivity index (χ0) is 23.0. The first-order valence-electron chi connectivity index (χ1n) is 10.5. The lowest BCUT2D eigenvalue weighted by Crippen LogP contribution is -2.31. The minimum Gasteiger partial charge on any atom is -0.381 e. The SMILES string of the molecule is CO[C@H]1C[C@@H](c2nc3ccc(-c4cc(C)c(=O)n(C)c4)cc3n2CCOCC(F)(F)F)C1. The van der Waals surface area contributed by atoms with Gasteiger partial charge in [-0.05, 0) is 49.1 Å². The Bertz CT molecular complexity index is 1150. The quantitative estimate of drug-likeness (QED) is 0.508. The normalized spacial score (nSPS) is 18.8. The fourth-order valence-corrected chi connectivity index (χ4v) is 4.22. The van der Waals surface area contributed by atoms with Crippen LogP contribution in [-0.4, -0.2) is 46.7 Å². The first-order chi connectivity index (χ1) is 15.2. The number of aryl methyl sites for hydroxylation is 2. The fraction of sp³-hybridized carbons (Fsp3) is 0.478. The van der Waals surface area contributed by atoms with E-state index in [0.717, 1.165) is 40.8 Å². The Balaban J connectivity index is 1.69. The van der Waals surface area contributed by atoms with Gasteiger partial charge in [-0.3, -0.25) is 4.79 Å². The summed E-state index contributed by atoms with van der Waals surface area (Å²) >= 11 is 0. The van der Waals surface area contributed by atoms with Crippen LogP contribution in [0.5, 0.6) is 0 Å². The highest BCUT2D eigenvalue weighted by atomic mass is 19.4. The van der Waals surface area contributed by atoms with E-state index >= 15 is 0 Å². The van der Waals surface area contributed by atoms with E-state index in [-0.39, 0.29) is 30.7 Å². The van der Waals surface area contributed by atoms with E-state index in [9.17, 15) is 18.0 Å². The van der Waals surface area contributed by atoms with Crippen LogP contribution in [-0.2, 0) is 23.1 Å². The molecule has 172 valence electrons. The third-order valence-corrected chi connectivity index (χ3v) is 5.99. The average Bonchev–Trinajstić information content (AvgIpc) is 3.05. The van der Waals surface area contributed by atoms with Crippen LogP contribution in [0.3, 0.4) is 0 Å². The Morgan fingerprint density at radius 1 is 1.19 bits per heavy atom. The maximum Gasteiger partial charge on any atom is 0.411 e. The Kier molecular flexibility index (Phi) is 6.13. The van der Waals surface area contributed by atoms with Crippen LogP contribution in [0.25, 0.3) is 22.2 Å². The zero-order valence-electron chi connectivity index (χ0n) is 18.3. The molecule has 6 nitrogen and oxygen atoms in total. The molecule has 1 aromatic carbocycles. The number of hydrogen-bond donors (Lipinski definition) is 0. The summed E-state index contributed by atoms with van der Waals surface area (Å²) in [4.78, 5) is 16.8. The maximum atomic E-state index is 12.5. The summed E-state index contributed by atoms with van der Waals surface area (Å²) in [5, 5.41) is 0. The van der Waals surface area contributed by atoms with Gasteiger partial charge in [-0.1, -0.05) is 6.07 Å². The summed E-state index contributed by atoms with van der Waals surface area (Å²) in [6.07, 6.45) is -0.738. The van der Waals surface area contributed by atoms with Gasteiger partial charge in [0.15, 0.2) is 0 Å². The van der Waals surface area contributed by atoms with E-state index in [4.69, 9.17) is 14.5 Å². The molecule has 0 saturated heterocycles. The van der Waals surface area contributed by atoms with Crippen LogP contribution in [0.4, 0.5) is 13.2 Å². The molecule has 1 saturated carbocycles. The van der Waals surface area contributed by atoms with Gasteiger partial charge in [-0.2, -0.15) is 13.2 Å². The molecule has 2 heterocycles. The molecule has 0 N–H and O–H groups in total. The number of rotatable bonds is 7. The molecule has 0 unspecified atom stereocenters. The molecule has 0 bridgehead atoms. The number of alkyl halides is 3. The van der Waals surface area contributed by atoms with Crippen LogP contribution in [0.15, 0.2) is 35.3 Å². The number of methoxy groups -OCH3 is 1. The van der Waals surface area contributed by atoms with Crippen molar-refractivity contribution in [3.05, 3.63) is 52.2 Å². The first kappa shape index (κ1) is 22.5. The van der Waals surface area contributed by atoms with Crippen molar-refractivity contribution in [3.8, 4) is 11.1 Å². The van der Waals surface area contributed by atoms with Crippen LogP contribution in [0.1, 0.15) is 30.1 Å². The summed E-state index contributed by atoms with van der Waals surface area (Å²) < 4.78 is 51.2. The second-order valence-corrected chi connectivity index (χ2v) is 8.35. The Labute approximate surface area is 183 Å². The van der Waals surface area contributed by atoms with Crippen molar-refractivity contribution in [1.29, 1.82) is 0 Å².